The number of nitrogens with one attached hydrogen (secondary N) is 2. The largest absolute Gasteiger partial charge is 0.353 e. The van der Waals surface area contributed by atoms with Crippen LogP contribution in [-0.2, 0) is 14.4 Å². The average Bonchev–Trinajstić information content (AvgIpc) is 2.44. The van der Waals surface area contributed by atoms with Gasteiger partial charge in [0, 0.05) is 33.0 Å². The number of Topliss-reactive ketones (excluding diaryl/α,β-unsaturated/α-hetero) is 1. The van der Waals surface area contributed by atoms with Gasteiger partial charge in [-0.25, -0.2) is 0 Å². The second kappa shape index (κ2) is 11.6. The van der Waals surface area contributed by atoms with E-state index in [1.54, 1.807) is 14.1 Å². The van der Waals surface area contributed by atoms with Crippen molar-refractivity contribution in [3.05, 3.63) is 0 Å². The number of rotatable bonds is 11. The topological polar surface area (TPSA) is 78.5 Å². The predicted molar refractivity (Wildman–Crippen MR) is 86.5 cm³/mol. The highest BCUT2D eigenvalue weighted by Gasteiger charge is 2.27. The normalized spacial score (nSPS) is 11.8. The van der Waals surface area contributed by atoms with Crippen LogP contribution in [0.25, 0.3) is 0 Å². The number of carbonyl (C=O) groups excluding carboxylic acids is 3. The first-order valence-electron chi connectivity index (χ1n) is 7.22. The Morgan fingerprint density at radius 2 is 1.86 bits per heavy atom. The van der Waals surface area contributed by atoms with E-state index in [9.17, 15) is 14.4 Å². The van der Waals surface area contributed by atoms with E-state index >= 15 is 0 Å². The maximum atomic E-state index is 12.1. The molecule has 0 aliphatic heterocycles. The number of hydrogen-bond acceptors (Lipinski definition) is 5. The lowest BCUT2D eigenvalue weighted by molar-refractivity contribution is -0.140. The maximum Gasteiger partial charge on any atom is 0.243 e. The highest BCUT2D eigenvalue weighted by atomic mass is 32.1. The van der Waals surface area contributed by atoms with Gasteiger partial charge in [0.05, 0.1) is 0 Å². The molecule has 0 fully saturated rings. The van der Waals surface area contributed by atoms with Crippen LogP contribution >= 0.6 is 12.6 Å². The second-order valence-electron chi connectivity index (χ2n) is 5.00. The predicted octanol–water partition coefficient (Wildman–Crippen LogP) is 0.228. The molecule has 21 heavy (non-hydrogen) atoms. The quantitative estimate of drug-likeness (QED) is 0.376. The van der Waals surface area contributed by atoms with Crippen LogP contribution in [0.15, 0.2) is 0 Å². The summed E-state index contributed by atoms with van der Waals surface area (Å²) in [6.45, 7) is 2.52. The lowest BCUT2D eigenvalue weighted by Crippen LogP contribution is -2.49. The van der Waals surface area contributed by atoms with Crippen LogP contribution in [-0.4, -0.2) is 61.5 Å². The van der Waals surface area contributed by atoms with Crippen LogP contribution in [0, 0.1) is 0 Å². The first-order chi connectivity index (χ1) is 9.93. The lowest BCUT2D eigenvalue weighted by Gasteiger charge is -2.26. The van der Waals surface area contributed by atoms with E-state index in [1.807, 2.05) is 0 Å². The summed E-state index contributed by atoms with van der Waals surface area (Å²) in [5, 5.41) is 5.65. The molecule has 122 valence electrons. The summed E-state index contributed by atoms with van der Waals surface area (Å²) in [5.41, 5.74) is 0. The standard InChI is InChI=1S/C14H27N3O3S/c1-11(18)10-12(14(20)16-8-7-15-2)17(3)13(19)6-4-5-9-21/h12,15,21H,4-10H2,1-3H3,(H,16,20). The number of likely N-dealkylation sites (N-methyl/N-ethyl adjacent to an activating group) is 2. The number of nitrogens with zero attached hydrogens (tertiary/aromatic N) is 1. The molecule has 0 saturated heterocycles. The van der Waals surface area contributed by atoms with Gasteiger partial charge in [0.15, 0.2) is 0 Å². The molecule has 6 nitrogen and oxygen atoms in total. The lowest BCUT2D eigenvalue weighted by atomic mass is 10.1. The van der Waals surface area contributed by atoms with Gasteiger partial charge in [0.25, 0.3) is 0 Å². The number of hydrogen-bond donors (Lipinski definition) is 3. The Hall–Kier alpha value is -1.08. The zero-order chi connectivity index (χ0) is 16.3. The van der Waals surface area contributed by atoms with Gasteiger partial charge in [-0.3, -0.25) is 14.4 Å². The van der Waals surface area contributed by atoms with Crippen LogP contribution in [0.4, 0.5) is 0 Å². The third-order valence-electron chi connectivity index (χ3n) is 3.12. The Bertz CT molecular complexity index is 350. The fraction of sp³-hybridized carbons (Fsp3) is 0.786. The molecule has 7 heteroatoms. The van der Waals surface area contributed by atoms with E-state index in [-0.39, 0.29) is 24.0 Å². The van der Waals surface area contributed by atoms with Crippen LogP contribution in [0.5, 0.6) is 0 Å². The van der Waals surface area contributed by atoms with Gasteiger partial charge in [-0.2, -0.15) is 12.6 Å². The zero-order valence-electron chi connectivity index (χ0n) is 13.1. The van der Waals surface area contributed by atoms with Gasteiger partial charge in [-0.05, 0) is 32.6 Å². The van der Waals surface area contributed by atoms with E-state index < -0.39 is 6.04 Å². The Morgan fingerprint density at radius 3 is 2.38 bits per heavy atom. The molecular weight excluding hydrogens is 290 g/mol. The first kappa shape index (κ1) is 19.9. The van der Waals surface area contributed by atoms with Crippen LogP contribution < -0.4 is 10.6 Å². The minimum atomic E-state index is -0.733. The highest BCUT2D eigenvalue weighted by Crippen LogP contribution is 2.08. The molecule has 0 spiro atoms. The minimum Gasteiger partial charge on any atom is -0.353 e. The summed E-state index contributed by atoms with van der Waals surface area (Å²) < 4.78 is 0. The van der Waals surface area contributed by atoms with E-state index in [0.29, 0.717) is 19.5 Å². The Kier molecular flexibility index (Phi) is 11.0. The van der Waals surface area contributed by atoms with Crippen molar-refractivity contribution in [1.82, 2.24) is 15.5 Å². The molecular formula is C14H27N3O3S. The third kappa shape index (κ3) is 8.72. The molecule has 0 radical (unpaired) electrons. The van der Waals surface area contributed by atoms with Crippen molar-refractivity contribution < 1.29 is 14.4 Å². The smallest absolute Gasteiger partial charge is 0.243 e. The minimum absolute atomic E-state index is 0.0419. The molecule has 0 aromatic heterocycles. The molecule has 0 rings (SSSR count). The van der Waals surface area contributed by atoms with Crippen molar-refractivity contribution in [2.45, 2.75) is 38.6 Å². The molecule has 1 unspecified atom stereocenters. The van der Waals surface area contributed by atoms with Gasteiger partial charge in [0.1, 0.15) is 11.8 Å². The van der Waals surface area contributed by atoms with Crippen LogP contribution in [0.3, 0.4) is 0 Å². The number of amides is 2. The van der Waals surface area contributed by atoms with E-state index in [2.05, 4.69) is 23.3 Å². The number of ketones is 1. The summed E-state index contributed by atoms with van der Waals surface area (Å²) in [7, 11) is 3.37. The average molecular weight is 317 g/mol. The number of carbonyl (C=O) groups is 3. The Balaban J connectivity index is 4.59. The SMILES string of the molecule is CNCCNC(=O)C(CC(C)=O)N(C)C(=O)CCCCS. The van der Waals surface area contributed by atoms with Crippen molar-refractivity contribution in [1.29, 1.82) is 0 Å². The van der Waals surface area contributed by atoms with E-state index in [1.165, 1.54) is 11.8 Å². The molecule has 0 aliphatic rings. The Labute approximate surface area is 132 Å². The summed E-state index contributed by atoms with van der Waals surface area (Å²) in [6.07, 6.45) is 2.00. The molecule has 1 atom stereocenters. The molecule has 0 bridgehead atoms. The maximum absolute atomic E-state index is 12.1. The first-order valence-corrected chi connectivity index (χ1v) is 7.85. The van der Waals surface area contributed by atoms with Gasteiger partial charge < -0.3 is 15.5 Å². The van der Waals surface area contributed by atoms with Crippen molar-refractivity contribution in [3.63, 3.8) is 0 Å². The van der Waals surface area contributed by atoms with Crippen molar-refractivity contribution in [2.24, 2.45) is 0 Å². The van der Waals surface area contributed by atoms with Crippen LogP contribution in [0.1, 0.15) is 32.6 Å². The summed E-state index contributed by atoms with van der Waals surface area (Å²) in [5.74, 6) is 0.217. The molecule has 2 amide bonds. The molecule has 0 aromatic rings. The summed E-state index contributed by atoms with van der Waals surface area (Å²) >= 11 is 4.10. The van der Waals surface area contributed by atoms with Crippen molar-refractivity contribution in [3.8, 4) is 0 Å². The molecule has 2 N–H and O–H groups in total. The van der Waals surface area contributed by atoms with E-state index in [4.69, 9.17) is 0 Å². The van der Waals surface area contributed by atoms with Gasteiger partial charge in [-0.15, -0.1) is 0 Å². The fourth-order valence-electron chi connectivity index (χ4n) is 1.84. The van der Waals surface area contributed by atoms with E-state index in [0.717, 1.165) is 18.6 Å². The monoisotopic (exact) mass is 317 g/mol. The molecule has 0 aliphatic carbocycles. The second-order valence-corrected chi connectivity index (χ2v) is 5.45. The van der Waals surface area contributed by atoms with Gasteiger partial charge in [-0.1, -0.05) is 0 Å². The van der Waals surface area contributed by atoms with Crippen molar-refractivity contribution >= 4 is 30.2 Å². The number of unbranched alkanes of at least 4 members (excludes halogenated alkanes) is 1. The van der Waals surface area contributed by atoms with Gasteiger partial charge in [0.2, 0.25) is 11.8 Å². The van der Waals surface area contributed by atoms with Crippen molar-refractivity contribution in [2.75, 3.05) is 32.9 Å². The molecule has 0 aromatic carbocycles. The third-order valence-corrected chi connectivity index (χ3v) is 3.43. The number of thiol groups is 1. The van der Waals surface area contributed by atoms with Gasteiger partial charge >= 0.3 is 0 Å². The summed E-state index contributed by atoms with van der Waals surface area (Å²) in [6, 6.07) is -0.733. The molecule has 0 saturated carbocycles. The zero-order valence-corrected chi connectivity index (χ0v) is 14.0. The van der Waals surface area contributed by atoms with Crippen LogP contribution in [0.2, 0.25) is 0 Å². The summed E-state index contributed by atoms with van der Waals surface area (Å²) in [4.78, 5) is 36.9. The fourth-order valence-corrected chi connectivity index (χ4v) is 2.07. The molecule has 0 heterocycles. The highest BCUT2D eigenvalue weighted by molar-refractivity contribution is 7.80. The Morgan fingerprint density at radius 1 is 1.19 bits per heavy atom.